The molecule has 8 heteroatoms. The average Bonchev–Trinajstić information content (AvgIpc) is 2.56. The first kappa shape index (κ1) is 22.1. The minimum Gasteiger partial charge on any atom is -0.493 e. The SMILES string of the molecule is CCOC(=O)/C=C/c1ccc([N+](=O)[O-])cc1OCCCC(=O)OC(C)(C)C. The van der Waals surface area contributed by atoms with Gasteiger partial charge in [-0.05, 0) is 46.3 Å². The van der Waals surface area contributed by atoms with E-state index in [2.05, 4.69) is 0 Å². The Kier molecular flexibility index (Phi) is 8.44. The summed E-state index contributed by atoms with van der Waals surface area (Å²) >= 11 is 0. The van der Waals surface area contributed by atoms with Crippen LogP contribution in [0.1, 0.15) is 46.1 Å². The van der Waals surface area contributed by atoms with Crippen LogP contribution >= 0.6 is 0 Å². The molecule has 0 aliphatic rings. The Morgan fingerprint density at radius 1 is 1.26 bits per heavy atom. The molecule has 0 N–H and O–H groups in total. The predicted molar refractivity (Wildman–Crippen MR) is 99.3 cm³/mol. The summed E-state index contributed by atoms with van der Waals surface area (Å²) in [6.45, 7) is 7.46. The molecule has 1 rings (SSSR count). The molecule has 0 unspecified atom stereocenters. The Bertz CT molecular complexity index is 704. The summed E-state index contributed by atoms with van der Waals surface area (Å²) in [7, 11) is 0. The minimum atomic E-state index is -0.553. The van der Waals surface area contributed by atoms with Crippen LogP contribution in [0.4, 0.5) is 5.69 Å². The molecule has 0 fully saturated rings. The molecular weight excluding hydrogens is 354 g/mol. The second-order valence-corrected chi connectivity index (χ2v) is 6.60. The molecule has 1 aromatic rings. The highest BCUT2D eigenvalue weighted by Gasteiger charge is 2.16. The summed E-state index contributed by atoms with van der Waals surface area (Å²) in [5, 5.41) is 11.0. The summed E-state index contributed by atoms with van der Waals surface area (Å²) in [5.41, 5.74) is -0.195. The van der Waals surface area contributed by atoms with Crippen molar-refractivity contribution in [2.45, 2.75) is 46.1 Å². The Balaban J connectivity index is 2.75. The van der Waals surface area contributed by atoms with Gasteiger partial charge in [0.25, 0.3) is 5.69 Å². The van der Waals surface area contributed by atoms with Crippen LogP contribution in [-0.4, -0.2) is 35.7 Å². The first-order valence-corrected chi connectivity index (χ1v) is 8.60. The van der Waals surface area contributed by atoms with Gasteiger partial charge in [-0.15, -0.1) is 0 Å². The summed E-state index contributed by atoms with van der Waals surface area (Å²) in [4.78, 5) is 33.6. The quantitative estimate of drug-likeness (QED) is 0.212. The van der Waals surface area contributed by atoms with Crippen molar-refractivity contribution in [1.29, 1.82) is 0 Å². The normalized spacial score (nSPS) is 11.3. The number of hydrogen-bond acceptors (Lipinski definition) is 7. The molecule has 0 heterocycles. The van der Waals surface area contributed by atoms with Crippen molar-refractivity contribution in [3.8, 4) is 5.75 Å². The van der Waals surface area contributed by atoms with E-state index in [0.717, 1.165) is 0 Å². The molecule has 0 spiro atoms. The summed E-state index contributed by atoms with van der Waals surface area (Å²) in [5.74, 6) is -0.617. The van der Waals surface area contributed by atoms with Crippen LogP contribution in [-0.2, 0) is 19.1 Å². The van der Waals surface area contributed by atoms with E-state index >= 15 is 0 Å². The average molecular weight is 379 g/mol. The van der Waals surface area contributed by atoms with Gasteiger partial charge in [0.15, 0.2) is 0 Å². The number of benzene rings is 1. The van der Waals surface area contributed by atoms with E-state index < -0.39 is 16.5 Å². The number of carbonyl (C=O) groups is 2. The van der Waals surface area contributed by atoms with Gasteiger partial charge in [-0.25, -0.2) is 4.79 Å². The van der Waals surface area contributed by atoms with Crippen LogP contribution in [0.15, 0.2) is 24.3 Å². The highest BCUT2D eigenvalue weighted by Crippen LogP contribution is 2.26. The van der Waals surface area contributed by atoms with Crippen molar-refractivity contribution in [2.24, 2.45) is 0 Å². The van der Waals surface area contributed by atoms with Crippen molar-refractivity contribution in [2.75, 3.05) is 13.2 Å². The second kappa shape index (κ2) is 10.3. The highest BCUT2D eigenvalue weighted by molar-refractivity contribution is 5.87. The van der Waals surface area contributed by atoms with Crippen molar-refractivity contribution in [1.82, 2.24) is 0 Å². The van der Waals surface area contributed by atoms with Gasteiger partial charge in [0, 0.05) is 24.1 Å². The molecule has 0 radical (unpaired) electrons. The monoisotopic (exact) mass is 379 g/mol. The molecule has 0 saturated carbocycles. The van der Waals surface area contributed by atoms with E-state index in [1.165, 1.54) is 30.4 Å². The number of ether oxygens (including phenoxy) is 3. The number of nitrogens with zero attached hydrogens (tertiary/aromatic N) is 1. The van der Waals surface area contributed by atoms with Crippen LogP contribution in [0.2, 0.25) is 0 Å². The first-order chi connectivity index (χ1) is 12.6. The fourth-order valence-electron chi connectivity index (χ4n) is 2.04. The molecule has 0 aromatic heterocycles. The molecule has 0 aliphatic carbocycles. The number of hydrogen-bond donors (Lipinski definition) is 0. The smallest absolute Gasteiger partial charge is 0.330 e. The van der Waals surface area contributed by atoms with Gasteiger partial charge in [-0.3, -0.25) is 14.9 Å². The lowest BCUT2D eigenvalue weighted by molar-refractivity contribution is -0.384. The maximum absolute atomic E-state index is 11.7. The van der Waals surface area contributed by atoms with Crippen molar-refractivity contribution >= 4 is 23.7 Å². The molecule has 148 valence electrons. The fraction of sp³-hybridized carbons (Fsp3) is 0.474. The third-order valence-electron chi connectivity index (χ3n) is 3.10. The van der Waals surface area contributed by atoms with Crippen molar-refractivity contribution < 1.29 is 28.7 Å². The largest absolute Gasteiger partial charge is 0.493 e. The topological polar surface area (TPSA) is 105 Å². The number of esters is 2. The van der Waals surface area contributed by atoms with E-state index in [4.69, 9.17) is 14.2 Å². The molecule has 0 aliphatic heterocycles. The summed E-state index contributed by atoms with van der Waals surface area (Å²) in [6.07, 6.45) is 3.24. The first-order valence-electron chi connectivity index (χ1n) is 8.60. The molecular formula is C19H25NO7. The van der Waals surface area contributed by atoms with Gasteiger partial charge in [0.1, 0.15) is 11.4 Å². The molecule has 0 saturated heterocycles. The third-order valence-corrected chi connectivity index (χ3v) is 3.10. The van der Waals surface area contributed by atoms with Crippen LogP contribution in [0.5, 0.6) is 5.75 Å². The molecule has 1 aromatic carbocycles. The Hall–Kier alpha value is -2.90. The Morgan fingerprint density at radius 3 is 2.56 bits per heavy atom. The second-order valence-electron chi connectivity index (χ2n) is 6.60. The van der Waals surface area contributed by atoms with E-state index in [0.29, 0.717) is 12.0 Å². The third kappa shape index (κ3) is 8.84. The number of rotatable bonds is 9. The zero-order valence-electron chi connectivity index (χ0n) is 16.0. The van der Waals surface area contributed by atoms with Gasteiger partial charge in [0.2, 0.25) is 0 Å². The van der Waals surface area contributed by atoms with Gasteiger partial charge in [-0.1, -0.05) is 0 Å². The lowest BCUT2D eigenvalue weighted by Crippen LogP contribution is -2.24. The van der Waals surface area contributed by atoms with Gasteiger partial charge in [-0.2, -0.15) is 0 Å². The van der Waals surface area contributed by atoms with Crippen LogP contribution in [0.25, 0.3) is 6.08 Å². The maximum Gasteiger partial charge on any atom is 0.330 e. The molecule has 0 amide bonds. The van der Waals surface area contributed by atoms with E-state index in [9.17, 15) is 19.7 Å². The van der Waals surface area contributed by atoms with Gasteiger partial charge in [0.05, 0.1) is 24.2 Å². The maximum atomic E-state index is 11.7. The Morgan fingerprint density at radius 2 is 1.96 bits per heavy atom. The predicted octanol–water partition coefficient (Wildman–Crippen LogP) is 3.67. The summed E-state index contributed by atoms with van der Waals surface area (Å²) in [6, 6.07) is 4.08. The van der Waals surface area contributed by atoms with Gasteiger partial charge >= 0.3 is 11.9 Å². The zero-order valence-corrected chi connectivity index (χ0v) is 16.0. The number of non-ortho nitro benzene ring substituents is 1. The lowest BCUT2D eigenvalue weighted by Gasteiger charge is -2.19. The van der Waals surface area contributed by atoms with E-state index in [1.807, 2.05) is 0 Å². The van der Waals surface area contributed by atoms with Crippen molar-refractivity contribution in [3.05, 3.63) is 40.0 Å². The zero-order chi connectivity index (χ0) is 20.4. The van der Waals surface area contributed by atoms with E-state index in [-0.39, 0.29) is 37.0 Å². The van der Waals surface area contributed by atoms with E-state index in [1.54, 1.807) is 27.7 Å². The fourth-order valence-corrected chi connectivity index (χ4v) is 2.04. The highest BCUT2D eigenvalue weighted by atomic mass is 16.6. The molecule has 0 bridgehead atoms. The molecule has 27 heavy (non-hydrogen) atoms. The number of nitro benzene ring substituents is 1. The standard InChI is InChI=1S/C19H25NO7/c1-5-25-17(21)11-9-14-8-10-15(20(23)24)13-16(14)26-12-6-7-18(22)27-19(2,3)4/h8-11,13H,5-7,12H2,1-4H3/b11-9+. The van der Waals surface area contributed by atoms with Crippen LogP contribution in [0, 0.1) is 10.1 Å². The summed E-state index contributed by atoms with van der Waals surface area (Å²) < 4.78 is 15.6. The number of carbonyl (C=O) groups excluding carboxylic acids is 2. The molecule has 0 atom stereocenters. The van der Waals surface area contributed by atoms with Crippen molar-refractivity contribution in [3.63, 3.8) is 0 Å². The Labute approximate surface area is 158 Å². The number of nitro groups is 1. The lowest BCUT2D eigenvalue weighted by atomic mass is 10.1. The minimum absolute atomic E-state index is 0.134. The molecule has 8 nitrogen and oxygen atoms in total. The van der Waals surface area contributed by atoms with Crippen LogP contribution in [0.3, 0.4) is 0 Å². The van der Waals surface area contributed by atoms with Crippen LogP contribution < -0.4 is 4.74 Å². The van der Waals surface area contributed by atoms with Gasteiger partial charge < -0.3 is 14.2 Å².